The molecule has 9 heteroatoms. The SMILES string of the molecule is Cc1ccc(OCC(=O)N2CCC(c3nc(C(=O)N4CCN(c5ccc(C#N)cc5)CC4)cs3)CC2)cc1C. The number of hydrogen-bond donors (Lipinski definition) is 0. The Labute approximate surface area is 233 Å². The van der Waals surface area contributed by atoms with Crippen LogP contribution in [0.5, 0.6) is 5.75 Å². The molecule has 8 nitrogen and oxygen atoms in total. The van der Waals surface area contributed by atoms with E-state index in [1.165, 1.54) is 5.56 Å². The van der Waals surface area contributed by atoms with Crippen molar-refractivity contribution in [2.75, 3.05) is 50.8 Å². The maximum Gasteiger partial charge on any atom is 0.273 e. The highest BCUT2D eigenvalue weighted by Gasteiger charge is 2.28. The number of aryl methyl sites for hydroxylation is 2. The van der Waals surface area contributed by atoms with Crippen molar-refractivity contribution >= 4 is 28.8 Å². The second-order valence-electron chi connectivity index (χ2n) is 10.2. The Bertz CT molecular complexity index is 1360. The fraction of sp³-hybridized carbons (Fsp3) is 0.400. The van der Waals surface area contributed by atoms with Crippen LogP contribution in [0.2, 0.25) is 0 Å². The van der Waals surface area contributed by atoms with Crippen molar-refractivity contribution in [3.8, 4) is 11.8 Å². The van der Waals surface area contributed by atoms with Gasteiger partial charge in [-0.1, -0.05) is 6.07 Å². The summed E-state index contributed by atoms with van der Waals surface area (Å²) in [7, 11) is 0. The quantitative estimate of drug-likeness (QED) is 0.459. The molecule has 39 heavy (non-hydrogen) atoms. The minimum absolute atomic E-state index is 0.00170. The average Bonchev–Trinajstić information content (AvgIpc) is 3.48. The van der Waals surface area contributed by atoms with Crippen LogP contribution in [0.3, 0.4) is 0 Å². The number of amides is 2. The standard InChI is InChI=1S/C30H33N5O3S/c1-21-3-8-26(17-22(21)2)38-19-28(36)34-11-9-24(10-12-34)29-32-27(20-39-29)30(37)35-15-13-33(14-16-35)25-6-4-23(18-31)5-7-25/h3-8,17,20,24H,9-16,19H2,1-2H3. The van der Waals surface area contributed by atoms with E-state index >= 15 is 0 Å². The zero-order valence-corrected chi connectivity index (χ0v) is 23.2. The zero-order chi connectivity index (χ0) is 27.4. The largest absolute Gasteiger partial charge is 0.484 e. The summed E-state index contributed by atoms with van der Waals surface area (Å²) in [4.78, 5) is 36.5. The van der Waals surface area contributed by atoms with Gasteiger partial charge in [0.1, 0.15) is 11.4 Å². The Kier molecular flexibility index (Phi) is 8.13. The van der Waals surface area contributed by atoms with E-state index in [4.69, 9.17) is 15.0 Å². The van der Waals surface area contributed by atoms with E-state index < -0.39 is 0 Å². The molecule has 0 spiro atoms. The molecule has 0 unspecified atom stereocenters. The van der Waals surface area contributed by atoms with Gasteiger partial charge in [0, 0.05) is 56.3 Å². The predicted molar refractivity (Wildman–Crippen MR) is 151 cm³/mol. The van der Waals surface area contributed by atoms with Gasteiger partial charge in [0.15, 0.2) is 6.61 Å². The second kappa shape index (κ2) is 11.9. The summed E-state index contributed by atoms with van der Waals surface area (Å²) in [6, 6.07) is 15.6. The van der Waals surface area contributed by atoms with E-state index in [-0.39, 0.29) is 24.3 Å². The van der Waals surface area contributed by atoms with Gasteiger partial charge in [-0.3, -0.25) is 9.59 Å². The van der Waals surface area contributed by atoms with Crippen molar-refractivity contribution in [2.45, 2.75) is 32.6 Å². The van der Waals surface area contributed by atoms with Crippen LogP contribution < -0.4 is 9.64 Å². The number of piperidine rings is 1. The fourth-order valence-electron chi connectivity index (χ4n) is 5.07. The van der Waals surface area contributed by atoms with Gasteiger partial charge in [-0.2, -0.15) is 5.26 Å². The molecule has 3 heterocycles. The average molecular weight is 544 g/mol. The summed E-state index contributed by atoms with van der Waals surface area (Å²) < 4.78 is 5.74. The number of anilines is 1. The number of thiazole rings is 1. The van der Waals surface area contributed by atoms with Crippen molar-refractivity contribution in [3.05, 3.63) is 75.2 Å². The lowest BCUT2D eigenvalue weighted by Crippen LogP contribution is -2.48. The number of carbonyl (C=O) groups is 2. The van der Waals surface area contributed by atoms with E-state index in [1.807, 2.05) is 64.6 Å². The summed E-state index contributed by atoms with van der Waals surface area (Å²) in [5.41, 5.74) is 4.57. The Morgan fingerprint density at radius 3 is 2.36 bits per heavy atom. The highest BCUT2D eigenvalue weighted by atomic mass is 32.1. The van der Waals surface area contributed by atoms with Gasteiger partial charge >= 0.3 is 0 Å². The Hall–Kier alpha value is -3.90. The fourth-order valence-corrected chi connectivity index (χ4v) is 6.03. The van der Waals surface area contributed by atoms with Crippen LogP contribution in [0, 0.1) is 25.2 Å². The van der Waals surface area contributed by atoms with Gasteiger partial charge in [0.05, 0.1) is 16.6 Å². The number of nitrogens with zero attached hydrogens (tertiary/aromatic N) is 5. The predicted octanol–water partition coefficient (Wildman–Crippen LogP) is 4.38. The molecule has 2 aliphatic heterocycles. The van der Waals surface area contributed by atoms with Crippen LogP contribution in [0.25, 0.3) is 0 Å². The maximum absolute atomic E-state index is 13.1. The molecule has 3 aromatic rings. The van der Waals surface area contributed by atoms with Crippen LogP contribution in [-0.2, 0) is 4.79 Å². The number of aromatic nitrogens is 1. The van der Waals surface area contributed by atoms with Crippen LogP contribution in [0.15, 0.2) is 47.8 Å². The molecule has 0 radical (unpaired) electrons. The molecule has 0 atom stereocenters. The number of carbonyl (C=O) groups excluding carboxylic acids is 2. The maximum atomic E-state index is 13.1. The molecule has 0 saturated carbocycles. The number of piperazine rings is 1. The van der Waals surface area contributed by atoms with Crippen LogP contribution in [-0.4, -0.2) is 72.5 Å². The normalized spacial score (nSPS) is 16.2. The molecule has 2 aromatic carbocycles. The molecular weight excluding hydrogens is 510 g/mol. The number of rotatable bonds is 6. The minimum atomic E-state index is -0.0203. The highest BCUT2D eigenvalue weighted by molar-refractivity contribution is 7.09. The lowest BCUT2D eigenvalue weighted by Gasteiger charge is -2.35. The Morgan fingerprint density at radius 1 is 0.974 bits per heavy atom. The highest BCUT2D eigenvalue weighted by Crippen LogP contribution is 2.31. The summed E-state index contributed by atoms with van der Waals surface area (Å²) in [6.45, 7) is 8.22. The van der Waals surface area contributed by atoms with Gasteiger partial charge in [0.2, 0.25) is 0 Å². The minimum Gasteiger partial charge on any atom is -0.484 e. The second-order valence-corrected chi connectivity index (χ2v) is 11.1. The van der Waals surface area contributed by atoms with E-state index in [2.05, 4.69) is 17.9 Å². The number of benzene rings is 2. The molecule has 0 aliphatic carbocycles. The molecule has 0 N–H and O–H groups in total. The Morgan fingerprint density at radius 2 is 1.69 bits per heavy atom. The molecular formula is C30H33N5O3S. The summed E-state index contributed by atoms with van der Waals surface area (Å²) >= 11 is 1.55. The lowest BCUT2D eigenvalue weighted by atomic mass is 9.97. The van der Waals surface area contributed by atoms with Crippen LogP contribution >= 0.6 is 11.3 Å². The summed E-state index contributed by atoms with van der Waals surface area (Å²) in [5, 5.41) is 11.9. The van der Waals surface area contributed by atoms with Crippen molar-refractivity contribution in [1.29, 1.82) is 5.26 Å². The third-order valence-corrected chi connectivity index (χ3v) is 8.71. The lowest BCUT2D eigenvalue weighted by molar-refractivity contribution is -0.134. The van der Waals surface area contributed by atoms with Gasteiger partial charge < -0.3 is 19.4 Å². The van der Waals surface area contributed by atoms with E-state index in [9.17, 15) is 9.59 Å². The zero-order valence-electron chi connectivity index (χ0n) is 22.4. The Balaban J connectivity index is 1.08. The monoisotopic (exact) mass is 543 g/mol. The van der Waals surface area contributed by atoms with Crippen molar-refractivity contribution in [2.24, 2.45) is 0 Å². The van der Waals surface area contributed by atoms with Crippen LogP contribution in [0.4, 0.5) is 5.69 Å². The number of ether oxygens (including phenoxy) is 1. The third-order valence-electron chi connectivity index (χ3n) is 7.71. The number of likely N-dealkylation sites (tertiary alicyclic amines) is 1. The van der Waals surface area contributed by atoms with Gasteiger partial charge in [-0.25, -0.2) is 4.98 Å². The molecule has 2 amide bonds. The first-order chi connectivity index (χ1) is 18.9. The molecule has 2 aliphatic rings. The topological polar surface area (TPSA) is 89.8 Å². The molecule has 2 saturated heterocycles. The smallest absolute Gasteiger partial charge is 0.273 e. The van der Waals surface area contributed by atoms with Crippen molar-refractivity contribution in [3.63, 3.8) is 0 Å². The van der Waals surface area contributed by atoms with E-state index in [0.717, 1.165) is 47.9 Å². The van der Waals surface area contributed by atoms with Gasteiger partial charge in [-0.05, 0) is 74.2 Å². The first-order valence-electron chi connectivity index (χ1n) is 13.4. The molecule has 2 fully saturated rings. The first-order valence-corrected chi connectivity index (χ1v) is 14.3. The molecule has 202 valence electrons. The number of hydrogen-bond acceptors (Lipinski definition) is 7. The van der Waals surface area contributed by atoms with Crippen molar-refractivity contribution in [1.82, 2.24) is 14.8 Å². The number of nitriles is 1. The molecule has 0 bridgehead atoms. The van der Waals surface area contributed by atoms with Crippen molar-refractivity contribution < 1.29 is 14.3 Å². The van der Waals surface area contributed by atoms with E-state index in [1.54, 1.807) is 11.3 Å². The summed E-state index contributed by atoms with van der Waals surface area (Å²) in [5.74, 6) is 0.960. The van der Waals surface area contributed by atoms with Gasteiger partial charge in [-0.15, -0.1) is 11.3 Å². The third kappa shape index (κ3) is 6.23. The molecule has 1 aromatic heterocycles. The molecule has 5 rings (SSSR count). The van der Waals surface area contributed by atoms with Gasteiger partial charge in [0.25, 0.3) is 11.8 Å². The summed E-state index contributed by atoms with van der Waals surface area (Å²) in [6.07, 6.45) is 1.67. The van der Waals surface area contributed by atoms with E-state index in [0.29, 0.717) is 37.4 Å². The first kappa shape index (κ1) is 26.7. The van der Waals surface area contributed by atoms with Crippen LogP contribution in [0.1, 0.15) is 50.9 Å².